The van der Waals surface area contributed by atoms with Gasteiger partial charge in [0.25, 0.3) is 5.56 Å². The Morgan fingerprint density at radius 2 is 1.56 bits per heavy atom. The molecule has 5 rings (SSSR count). The summed E-state index contributed by atoms with van der Waals surface area (Å²) in [6, 6.07) is 21.0. The predicted molar refractivity (Wildman–Crippen MR) is 137 cm³/mol. The van der Waals surface area contributed by atoms with E-state index in [1.54, 1.807) is 35.8 Å². The van der Waals surface area contributed by atoms with Crippen LogP contribution in [-0.2, 0) is 4.74 Å². The average molecular weight is 519 g/mol. The maximum absolute atomic E-state index is 13.9. The predicted octanol–water partition coefficient (Wildman–Crippen LogP) is 5.56. The molecule has 0 atom stereocenters. The van der Waals surface area contributed by atoms with Crippen molar-refractivity contribution >= 4 is 45.7 Å². The minimum Gasteiger partial charge on any atom is -0.462 e. The monoisotopic (exact) mass is 518 g/mol. The van der Waals surface area contributed by atoms with Crippen LogP contribution in [0.15, 0.2) is 88.3 Å². The van der Waals surface area contributed by atoms with Gasteiger partial charge in [-0.1, -0.05) is 36.4 Å². The average Bonchev–Trinajstić information content (AvgIpc) is 3.55. The largest absolute Gasteiger partial charge is 0.462 e. The third-order valence-corrected chi connectivity index (χ3v) is 6.76. The quantitative estimate of drug-likeness (QED) is 0.215. The van der Waals surface area contributed by atoms with Gasteiger partial charge >= 0.3 is 11.9 Å². The molecule has 2 aromatic carbocycles. The van der Waals surface area contributed by atoms with Crippen LogP contribution in [0.1, 0.15) is 27.2 Å². The number of ether oxygens (including phenoxy) is 2. The minimum atomic E-state index is -0.857. The highest BCUT2D eigenvalue weighted by Crippen LogP contribution is 2.38. The van der Waals surface area contributed by atoms with E-state index in [4.69, 9.17) is 26.1 Å². The van der Waals surface area contributed by atoms with E-state index in [-0.39, 0.29) is 33.2 Å². The molecule has 0 aliphatic carbocycles. The van der Waals surface area contributed by atoms with Gasteiger partial charge in [-0.3, -0.25) is 13.9 Å². The lowest BCUT2D eigenvalue weighted by Crippen LogP contribution is -2.24. The Labute approximate surface area is 213 Å². The first-order chi connectivity index (χ1) is 17.5. The fourth-order valence-corrected chi connectivity index (χ4v) is 5.29. The molecule has 0 bridgehead atoms. The van der Waals surface area contributed by atoms with Crippen molar-refractivity contribution in [1.29, 1.82) is 0 Å². The Morgan fingerprint density at radius 3 is 2.14 bits per heavy atom. The number of rotatable bonds is 6. The number of hydrogen-bond donors (Lipinski definition) is 0. The van der Waals surface area contributed by atoms with Crippen molar-refractivity contribution in [3.05, 3.63) is 105 Å². The number of fused-ring (bicyclic) bond motifs is 1. The summed E-state index contributed by atoms with van der Waals surface area (Å²) < 4.78 is 19.2. The van der Waals surface area contributed by atoms with Crippen molar-refractivity contribution in [1.82, 2.24) is 9.13 Å². The molecule has 10 heteroatoms. The Bertz CT molecular complexity index is 1680. The van der Waals surface area contributed by atoms with Crippen LogP contribution in [0, 0.1) is 4.77 Å². The highest BCUT2D eigenvalue weighted by Gasteiger charge is 2.30. The van der Waals surface area contributed by atoms with Gasteiger partial charge in [0.1, 0.15) is 10.2 Å². The lowest BCUT2D eigenvalue weighted by Gasteiger charge is -2.14. The molecule has 0 aliphatic heterocycles. The summed E-state index contributed by atoms with van der Waals surface area (Å²) in [6.45, 7) is 1.76. The summed E-state index contributed by atoms with van der Waals surface area (Å²) in [5.74, 6) is -1.87. The molecule has 0 amide bonds. The van der Waals surface area contributed by atoms with Gasteiger partial charge in [-0.25, -0.2) is 9.59 Å². The number of carbonyl (C=O) groups excluding carboxylic acids is 2. The molecule has 3 aromatic heterocycles. The molecule has 0 saturated heterocycles. The third kappa shape index (κ3) is 4.06. The Morgan fingerprint density at radius 1 is 0.917 bits per heavy atom. The number of furan rings is 1. The van der Waals surface area contributed by atoms with E-state index < -0.39 is 17.5 Å². The molecule has 0 spiro atoms. The van der Waals surface area contributed by atoms with Crippen LogP contribution in [0.3, 0.4) is 0 Å². The van der Waals surface area contributed by atoms with Crippen molar-refractivity contribution in [2.24, 2.45) is 0 Å². The van der Waals surface area contributed by atoms with Crippen LogP contribution < -0.4 is 10.3 Å². The van der Waals surface area contributed by atoms with E-state index in [1.807, 2.05) is 36.4 Å². The van der Waals surface area contributed by atoms with E-state index in [0.29, 0.717) is 16.2 Å². The highest BCUT2D eigenvalue weighted by molar-refractivity contribution is 7.71. The summed E-state index contributed by atoms with van der Waals surface area (Å²) in [4.78, 5) is 40.0. The SMILES string of the molecule is CCOC(=O)c1sc2c(c1OC(=O)c1ccco1)c(=O)n(-c1ccccc1)c(=S)n2-c1ccccc1. The van der Waals surface area contributed by atoms with Crippen LogP contribution in [0.2, 0.25) is 0 Å². The van der Waals surface area contributed by atoms with Crippen LogP contribution in [0.25, 0.3) is 21.6 Å². The molecule has 0 fully saturated rings. The van der Waals surface area contributed by atoms with Gasteiger partial charge in [-0.15, -0.1) is 11.3 Å². The lowest BCUT2D eigenvalue weighted by molar-refractivity contribution is 0.0526. The molecule has 0 aliphatic rings. The van der Waals surface area contributed by atoms with Gasteiger partial charge in [0.05, 0.1) is 18.6 Å². The molecule has 0 radical (unpaired) electrons. The number of esters is 2. The number of carbonyl (C=O) groups is 2. The van der Waals surface area contributed by atoms with Gasteiger partial charge in [0, 0.05) is 5.69 Å². The summed E-state index contributed by atoms with van der Waals surface area (Å²) >= 11 is 6.75. The van der Waals surface area contributed by atoms with E-state index in [9.17, 15) is 14.4 Å². The van der Waals surface area contributed by atoms with Crippen LogP contribution in [0.4, 0.5) is 0 Å². The molecule has 180 valence electrons. The van der Waals surface area contributed by atoms with Crippen molar-refractivity contribution in [3.63, 3.8) is 0 Å². The van der Waals surface area contributed by atoms with Gasteiger partial charge in [0.2, 0.25) is 5.76 Å². The summed E-state index contributed by atoms with van der Waals surface area (Å²) in [5, 5.41) is 0.0178. The van der Waals surface area contributed by atoms with Crippen LogP contribution in [-0.4, -0.2) is 27.7 Å². The van der Waals surface area contributed by atoms with Gasteiger partial charge in [-0.2, -0.15) is 0 Å². The molecule has 36 heavy (non-hydrogen) atoms. The first-order valence-corrected chi connectivity index (χ1v) is 12.1. The number of hydrogen-bond acceptors (Lipinski definition) is 8. The van der Waals surface area contributed by atoms with Crippen LogP contribution in [0.5, 0.6) is 5.75 Å². The fraction of sp³-hybridized carbons (Fsp3) is 0.0769. The molecule has 0 saturated carbocycles. The Balaban J connectivity index is 1.89. The molecule has 5 aromatic rings. The highest BCUT2D eigenvalue weighted by atomic mass is 32.1. The lowest BCUT2D eigenvalue weighted by atomic mass is 10.2. The van der Waals surface area contributed by atoms with Gasteiger partial charge in [-0.05, 0) is 55.5 Å². The topological polar surface area (TPSA) is 92.7 Å². The van der Waals surface area contributed by atoms with Crippen molar-refractivity contribution < 1.29 is 23.5 Å². The standard InChI is InChI=1S/C26H18N2O6S2/c1-2-32-25(31)21-20(34-24(30)18-14-9-15-33-18)19-22(29)27(16-10-5-3-6-11-16)26(35)28(23(19)36-21)17-12-7-4-8-13-17/h3-15H,2H2,1H3. The van der Waals surface area contributed by atoms with Gasteiger partial charge in [0.15, 0.2) is 15.4 Å². The zero-order valence-electron chi connectivity index (χ0n) is 18.9. The second kappa shape index (κ2) is 9.76. The van der Waals surface area contributed by atoms with Crippen molar-refractivity contribution in [2.75, 3.05) is 6.61 Å². The number of thiophene rings is 1. The maximum atomic E-state index is 13.9. The molecule has 0 N–H and O–H groups in total. The zero-order valence-corrected chi connectivity index (χ0v) is 20.5. The van der Waals surface area contributed by atoms with E-state index in [1.165, 1.54) is 23.0 Å². The fourth-order valence-electron chi connectivity index (χ4n) is 3.71. The number of aromatic nitrogens is 2. The van der Waals surface area contributed by atoms with Crippen LogP contribution >= 0.6 is 23.6 Å². The van der Waals surface area contributed by atoms with E-state index >= 15 is 0 Å². The third-order valence-electron chi connectivity index (χ3n) is 5.26. The number of para-hydroxylation sites is 2. The molecule has 8 nitrogen and oxygen atoms in total. The smallest absolute Gasteiger partial charge is 0.379 e. The molecule has 0 unspecified atom stereocenters. The normalized spacial score (nSPS) is 10.9. The first-order valence-electron chi connectivity index (χ1n) is 10.9. The number of nitrogens with zero attached hydrogens (tertiary/aromatic N) is 2. The molecular weight excluding hydrogens is 500 g/mol. The summed E-state index contributed by atoms with van der Waals surface area (Å²) in [5.41, 5.74) is 0.645. The second-order valence-corrected chi connectivity index (χ2v) is 8.82. The minimum absolute atomic E-state index is 0.0178. The van der Waals surface area contributed by atoms with Crippen molar-refractivity contribution in [2.45, 2.75) is 6.92 Å². The van der Waals surface area contributed by atoms with E-state index in [2.05, 4.69) is 0 Å². The zero-order chi connectivity index (χ0) is 25.2. The molecular formula is C26H18N2O6S2. The Hall–Kier alpha value is -4.28. The van der Waals surface area contributed by atoms with Crippen molar-refractivity contribution in [3.8, 4) is 17.1 Å². The second-order valence-electron chi connectivity index (χ2n) is 7.46. The maximum Gasteiger partial charge on any atom is 0.379 e. The summed E-state index contributed by atoms with van der Waals surface area (Å²) in [6.07, 6.45) is 1.32. The summed E-state index contributed by atoms with van der Waals surface area (Å²) in [7, 11) is 0. The first kappa shape index (κ1) is 23.5. The number of benzene rings is 2. The Kier molecular flexibility index (Phi) is 6.36. The van der Waals surface area contributed by atoms with Gasteiger partial charge < -0.3 is 13.9 Å². The van der Waals surface area contributed by atoms with E-state index in [0.717, 1.165) is 11.3 Å². The molecule has 3 heterocycles.